The van der Waals surface area contributed by atoms with Gasteiger partial charge < -0.3 is 26.0 Å². The molecule has 1 heterocycles. The lowest BCUT2D eigenvalue weighted by atomic mass is 10.1. The fourth-order valence-corrected chi connectivity index (χ4v) is 2.28. The van der Waals surface area contributed by atoms with Gasteiger partial charge in [-0.25, -0.2) is 0 Å². The molecule has 136 valence electrons. The molecule has 0 spiro atoms. The first-order valence-electron chi connectivity index (χ1n) is 7.82. The van der Waals surface area contributed by atoms with E-state index in [0.29, 0.717) is 16.9 Å². The summed E-state index contributed by atoms with van der Waals surface area (Å²) in [7, 11) is 0. The number of phenolic OH excluding ortho intramolecular Hbond substituents is 3. The Morgan fingerprint density at radius 3 is 1.78 bits per heavy atom. The molecular formula is C19H15N3O5. The molecular weight excluding hydrogens is 350 g/mol. The summed E-state index contributed by atoms with van der Waals surface area (Å²) in [6.45, 7) is 0. The first kappa shape index (κ1) is 17.7. The van der Waals surface area contributed by atoms with Gasteiger partial charge in [0.15, 0.2) is 17.2 Å². The van der Waals surface area contributed by atoms with Gasteiger partial charge in [0, 0.05) is 29.3 Å². The zero-order valence-electron chi connectivity index (χ0n) is 13.9. The Labute approximate surface area is 153 Å². The zero-order valence-corrected chi connectivity index (χ0v) is 13.9. The maximum Gasteiger partial charge on any atom is 0.257 e. The van der Waals surface area contributed by atoms with Gasteiger partial charge in [-0.2, -0.15) is 0 Å². The third-order valence-corrected chi connectivity index (χ3v) is 3.66. The number of aromatic hydroxyl groups is 3. The molecule has 0 bridgehead atoms. The van der Waals surface area contributed by atoms with Crippen LogP contribution >= 0.6 is 0 Å². The van der Waals surface area contributed by atoms with Crippen LogP contribution in [-0.4, -0.2) is 32.1 Å². The molecule has 8 nitrogen and oxygen atoms in total. The summed E-state index contributed by atoms with van der Waals surface area (Å²) in [5.41, 5.74) is 1.35. The fourth-order valence-electron chi connectivity index (χ4n) is 2.28. The van der Waals surface area contributed by atoms with E-state index < -0.39 is 23.2 Å². The number of phenols is 3. The molecule has 0 atom stereocenters. The molecule has 5 N–H and O–H groups in total. The highest BCUT2D eigenvalue weighted by molar-refractivity contribution is 6.06. The predicted octanol–water partition coefficient (Wildman–Crippen LogP) is 2.70. The van der Waals surface area contributed by atoms with E-state index in [2.05, 4.69) is 15.6 Å². The van der Waals surface area contributed by atoms with Crippen molar-refractivity contribution in [1.29, 1.82) is 0 Å². The highest BCUT2D eigenvalue weighted by Crippen LogP contribution is 2.35. The third-order valence-electron chi connectivity index (χ3n) is 3.66. The lowest BCUT2D eigenvalue weighted by molar-refractivity contribution is 0.101. The molecule has 0 unspecified atom stereocenters. The van der Waals surface area contributed by atoms with Crippen molar-refractivity contribution in [2.45, 2.75) is 0 Å². The van der Waals surface area contributed by atoms with Crippen molar-refractivity contribution < 1.29 is 24.9 Å². The van der Waals surface area contributed by atoms with Gasteiger partial charge in [-0.05, 0) is 48.5 Å². The minimum absolute atomic E-state index is 0.0308. The van der Waals surface area contributed by atoms with Gasteiger partial charge >= 0.3 is 0 Å². The van der Waals surface area contributed by atoms with Gasteiger partial charge in [0.25, 0.3) is 11.8 Å². The van der Waals surface area contributed by atoms with Gasteiger partial charge in [-0.1, -0.05) is 0 Å². The van der Waals surface area contributed by atoms with Crippen LogP contribution in [0.25, 0.3) is 0 Å². The topological polar surface area (TPSA) is 132 Å². The summed E-state index contributed by atoms with van der Waals surface area (Å²) in [5.74, 6) is -2.80. The van der Waals surface area contributed by atoms with Gasteiger partial charge in [0.1, 0.15) is 0 Å². The van der Waals surface area contributed by atoms with E-state index in [4.69, 9.17) is 0 Å². The Hall–Kier alpha value is -4.07. The third kappa shape index (κ3) is 4.13. The number of aromatic nitrogens is 1. The number of carbonyl (C=O) groups excluding carboxylic acids is 2. The van der Waals surface area contributed by atoms with Crippen LogP contribution in [0.15, 0.2) is 60.9 Å². The summed E-state index contributed by atoms with van der Waals surface area (Å²) in [4.78, 5) is 28.1. The number of pyridine rings is 1. The van der Waals surface area contributed by atoms with E-state index in [1.165, 1.54) is 6.20 Å². The summed E-state index contributed by atoms with van der Waals surface area (Å²) in [6, 6.07) is 11.7. The molecule has 3 rings (SSSR count). The quantitative estimate of drug-likeness (QED) is 0.452. The Balaban J connectivity index is 1.67. The van der Waals surface area contributed by atoms with Crippen LogP contribution in [-0.2, 0) is 0 Å². The first-order valence-corrected chi connectivity index (χ1v) is 7.82. The van der Waals surface area contributed by atoms with Gasteiger partial charge in [0.2, 0.25) is 0 Å². The molecule has 2 amide bonds. The molecule has 2 aromatic carbocycles. The number of carbonyl (C=O) groups is 2. The number of hydrogen-bond acceptors (Lipinski definition) is 6. The lowest BCUT2D eigenvalue weighted by Gasteiger charge is -2.09. The fraction of sp³-hybridized carbons (Fsp3) is 0. The number of rotatable bonds is 4. The predicted molar refractivity (Wildman–Crippen MR) is 98.0 cm³/mol. The van der Waals surface area contributed by atoms with Crippen molar-refractivity contribution in [3.8, 4) is 17.2 Å². The van der Waals surface area contributed by atoms with E-state index in [1.54, 1.807) is 42.6 Å². The van der Waals surface area contributed by atoms with Gasteiger partial charge in [0.05, 0.1) is 5.56 Å². The number of anilines is 2. The van der Waals surface area contributed by atoms with Gasteiger partial charge in [-0.15, -0.1) is 0 Å². The minimum atomic E-state index is -0.694. The zero-order chi connectivity index (χ0) is 19.4. The molecule has 0 saturated heterocycles. The summed E-state index contributed by atoms with van der Waals surface area (Å²) >= 11 is 0. The minimum Gasteiger partial charge on any atom is -0.504 e. The average Bonchev–Trinajstić information content (AvgIpc) is 2.67. The molecule has 0 radical (unpaired) electrons. The van der Waals surface area contributed by atoms with Crippen molar-refractivity contribution in [3.05, 3.63) is 72.1 Å². The smallest absolute Gasteiger partial charge is 0.257 e. The highest BCUT2D eigenvalue weighted by atomic mass is 16.3. The van der Waals surface area contributed by atoms with E-state index in [1.807, 2.05) is 0 Å². The van der Waals surface area contributed by atoms with Crippen LogP contribution in [0.4, 0.5) is 11.4 Å². The monoisotopic (exact) mass is 365 g/mol. The summed E-state index contributed by atoms with van der Waals surface area (Å²) in [5, 5.41) is 33.6. The molecule has 0 aliphatic carbocycles. The number of nitrogens with one attached hydrogen (secondary N) is 2. The van der Waals surface area contributed by atoms with Crippen molar-refractivity contribution in [3.63, 3.8) is 0 Å². The second kappa shape index (κ2) is 7.44. The van der Waals surface area contributed by atoms with Gasteiger partial charge in [-0.3, -0.25) is 14.6 Å². The molecule has 0 aliphatic rings. The van der Waals surface area contributed by atoms with Crippen LogP contribution < -0.4 is 10.6 Å². The Kier molecular flexibility index (Phi) is 4.89. The summed E-state index contributed by atoms with van der Waals surface area (Å²) < 4.78 is 0. The second-order valence-corrected chi connectivity index (χ2v) is 5.59. The van der Waals surface area contributed by atoms with E-state index in [-0.39, 0.29) is 11.5 Å². The Morgan fingerprint density at radius 1 is 0.778 bits per heavy atom. The summed E-state index contributed by atoms with van der Waals surface area (Å²) in [6.07, 6.45) is 3.02. The molecule has 0 aliphatic heterocycles. The highest BCUT2D eigenvalue weighted by Gasteiger charge is 2.14. The molecule has 3 aromatic rings. The average molecular weight is 365 g/mol. The standard InChI is InChI=1S/C19H15N3O5/c23-15-8-12(9-16(24)17(15)25)19(27)22-14-5-3-13(4-6-14)21-18(26)11-2-1-7-20-10-11/h1-10,23-25H,(H,21,26)(H,22,27). The van der Waals surface area contributed by atoms with Crippen LogP contribution in [0, 0.1) is 0 Å². The van der Waals surface area contributed by atoms with E-state index >= 15 is 0 Å². The number of nitrogens with zero attached hydrogens (tertiary/aromatic N) is 1. The molecule has 0 saturated carbocycles. The largest absolute Gasteiger partial charge is 0.504 e. The first-order chi connectivity index (χ1) is 12.9. The second-order valence-electron chi connectivity index (χ2n) is 5.59. The Morgan fingerprint density at radius 2 is 1.30 bits per heavy atom. The molecule has 0 fully saturated rings. The van der Waals surface area contributed by atoms with Crippen molar-refractivity contribution in [2.75, 3.05) is 10.6 Å². The van der Waals surface area contributed by atoms with Crippen LogP contribution in [0.1, 0.15) is 20.7 Å². The van der Waals surface area contributed by atoms with E-state index in [0.717, 1.165) is 12.1 Å². The van der Waals surface area contributed by atoms with Crippen molar-refractivity contribution >= 4 is 23.2 Å². The van der Waals surface area contributed by atoms with Crippen LogP contribution in [0.5, 0.6) is 17.2 Å². The molecule has 27 heavy (non-hydrogen) atoms. The van der Waals surface area contributed by atoms with Crippen LogP contribution in [0.3, 0.4) is 0 Å². The SMILES string of the molecule is O=C(Nc1ccc(NC(=O)c2cc(O)c(O)c(O)c2)cc1)c1cccnc1. The molecule has 8 heteroatoms. The number of benzene rings is 2. The molecule has 1 aromatic heterocycles. The maximum absolute atomic E-state index is 12.2. The Bertz CT molecular complexity index is 965. The normalized spacial score (nSPS) is 10.2. The number of hydrogen-bond donors (Lipinski definition) is 5. The number of amides is 2. The van der Waals surface area contributed by atoms with E-state index in [9.17, 15) is 24.9 Å². The van der Waals surface area contributed by atoms with Crippen molar-refractivity contribution in [1.82, 2.24) is 4.98 Å². The maximum atomic E-state index is 12.2. The van der Waals surface area contributed by atoms with Crippen LogP contribution in [0.2, 0.25) is 0 Å². The van der Waals surface area contributed by atoms with Crippen molar-refractivity contribution in [2.24, 2.45) is 0 Å². The lowest BCUT2D eigenvalue weighted by Crippen LogP contribution is -2.13.